The first-order chi connectivity index (χ1) is 17.4. The third-order valence-electron chi connectivity index (χ3n) is 13.3. The molecule has 5 rings (SSSR count). The molecule has 2 bridgehead atoms. The van der Waals surface area contributed by atoms with Crippen LogP contribution in [0.25, 0.3) is 0 Å². The van der Waals surface area contributed by atoms with Crippen LogP contribution in [0.1, 0.15) is 107 Å². The van der Waals surface area contributed by atoms with Crippen molar-refractivity contribution in [3.63, 3.8) is 0 Å². The van der Waals surface area contributed by atoms with Crippen LogP contribution < -0.4 is 0 Å². The van der Waals surface area contributed by atoms with E-state index in [-0.39, 0.29) is 63.8 Å². The molecule has 1 saturated heterocycles. The minimum absolute atomic E-state index is 0.0178. The number of fused-ring (bicyclic) bond motifs is 5. The highest BCUT2D eigenvalue weighted by molar-refractivity contribution is 6.04. The van der Waals surface area contributed by atoms with Crippen molar-refractivity contribution in [3.8, 4) is 6.07 Å². The summed E-state index contributed by atoms with van der Waals surface area (Å²) in [5, 5.41) is 20.5. The Morgan fingerprint density at radius 1 is 1.08 bits per heavy atom. The average Bonchev–Trinajstić information content (AvgIpc) is 3.02. The maximum Gasteiger partial charge on any atom is 0.178 e. The highest BCUT2D eigenvalue weighted by Gasteiger charge is 2.81. The SMILES string of the molecule is CCC12CCC3(C)C4(C)CCC5C(C)(C)C(=O)C(C#N)=CC5(C)C4CC(=O)C3(OC1CO)C2CC(C)(C)C. The number of carbonyl (C=O) groups excluding carboxylic acids is 2. The number of allylic oxidation sites excluding steroid dienone is 2. The zero-order valence-electron chi connectivity index (χ0n) is 25.2. The van der Waals surface area contributed by atoms with Crippen molar-refractivity contribution < 1.29 is 19.4 Å². The number of nitrogens with zero attached hydrogens (tertiary/aromatic N) is 1. The Hall–Kier alpha value is -1.51. The van der Waals surface area contributed by atoms with E-state index in [0.717, 1.165) is 38.5 Å². The molecule has 9 atom stereocenters. The van der Waals surface area contributed by atoms with E-state index in [4.69, 9.17) is 4.74 Å². The van der Waals surface area contributed by atoms with Crippen molar-refractivity contribution in [2.75, 3.05) is 6.61 Å². The van der Waals surface area contributed by atoms with Crippen LogP contribution in [0, 0.1) is 61.6 Å². The van der Waals surface area contributed by atoms with E-state index in [2.05, 4.69) is 54.5 Å². The maximum atomic E-state index is 14.9. The number of Topliss-reactive ketones (excluding diaryl/α,β-unsaturated/α-hetero) is 2. The molecule has 0 aromatic heterocycles. The van der Waals surface area contributed by atoms with E-state index in [9.17, 15) is 20.0 Å². The second-order valence-electron chi connectivity index (χ2n) is 16.0. The topological polar surface area (TPSA) is 87.4 Å². The number of hydrogen-bond donors (Lipinski definition) is 1. The van der Waals surface area contributed by atoms with Gasteiger partial charge in [0.05, 0.1) is 18.3 Å². The summed E-state index contributed by atoms with van der Waals surface area (Å²) in [7, 11) is 0. The van der Waals surface area contributed by atoms with Crippen molar-refractivity contribution in [2.45, 2.75) is 119 Å². The fraction of sp³-hybridized carbons (Fsp3) is 0.848. The fourth-order valence-electron chi connectivity index (χ4n) is 11.3. The Bertz CT molecular complexity index is 1140. The molecule has 5 heteroatoms. The van der Waals surface area contributed by atoms with Gasteiger partial charge in [0.1, 0.15) is 11.7 Å². The highest BCUT2D eigenvalue weighted by atomic mass is 16.5. The quantitative estimate of drug-likeness (QED) is 0.460. The van der Waals surface area contributed by atoms with Gasteiger partial charge in [-0.3, -0.25) is 9.59 Å². The molecular weight excluding hydrogens is 474 g/mol. The Balaban J connectivity index is 1.72. The molecule has 1 aliphatic heterocycles. The molecule has 5 nitrogen and oxygen atoms in total. The summed E-state index contributed by atoms with van der Waals surface area (Å²) < 4.78 is 7.06. The van der Waals surface area contributed by atoms with Gasteiger partial charge in [-0.05, 0) is 66.6 Å². The normalized spacial score (nSPS) is 49.4. The Kier molecular flexibility index (Phi) is 5.93. The minimum atomic E-state index is -0.918. The number of carbonyl (C=O) groups is 2. The van der Waals surface area contributed by atoms with Gasteiger partial charge in [-0.1, -0.05) is 68.4 Å². The van der Waals surface area contributed by atoms with Crippen LogP contribution in [-0.2, 0) is 14.3 Å². The van der Waals surface area contributed by atoms with E-state index in [1.807, 2.05) is 19.9 Å². The number of hydrogen-bond acceptors (Lipinski definition) is 5. The minimum Gasteiger partial charge on any atom is -0.394 e. The fourth-order valence-corrected chi connectivity index (χ4v) is 11.3. The lowest BCUT2D eigenvalue weighted by atomic mass is 9.31. The highest BCUT2D eigenvalue weighted by Crippen LogP contribution is 2.79. The Morgan fingerprint density at radius 3 is 2.29 bits per heavy atom. The lowest BCUT2D eigenvalue weighted by molar-refractivity contribution is -0.255. The van der Waals surface area contributed by atoms with Gasteiger partial charge in [0.15, 0.2) is 11.6 Å². The smallest absolute Gasteiger partial charge is 0.178 e. The summed E-state index contributed by atoms with van der Waals surface area (Å²) >= 11 is 0. The monoisotopic (exact) mass is 523 g/mol. The molecule has 9 unspecified atom stereocenters. The summed E-state index contributed by atoms with van der Waals surface area (Å²) in [6.45, 7) is 19.9. The zero-order valence-corrected chi connectivity index (χ0v) is 25.2. The van der Waals surface area contributed by atoms with Crippen LogP contribution in [-0.4, -0.2) is 35.0 Å². The molecule has 4 aliphatic carbocycles. The maximum absolute atomic E-state index is 14.9. The molecule has 0 aromatic rings. The van der Waals surface area contributed by atoms with Crippen molar-refractivity contribution >= 4 is 11.6 Å². The van der Waals surface area contributed by atoms with Crippen LogP contribution >= 0.6 is 0 Å². The molecule has 3 saturated carbocycles. The standard InChI is InChI=1S/C33H49NO4/c1-10-32-14-13-31(9)30(8)12-11-21-28(5,6)26(37)20(18-34)16-29(21,7)22(30)15-24(36)33(31,38-25(32)19-35)23(32)17-27(2,3)4/h16,21-23,25,35H,10-15,17,19H2,1-9H3. The summed E-state index contributed by atoms with van der Waals surface area (Å²) in [6, 6.07) is 2.21. The number of ether oxygens (including phenoxy) is 1. The summed E-state index contributed by atoms with van der Waals surface area (Å²) in [5.41, 5.74) is -2.52. The van der Waals surface area contributed by atoms with Gasteiger partial charge >= 0.3 is 0 Å². The first kappa shape index (κ1) is 28.0. The molecule has 1 spiro atoms. The van der Waals surface area contributed by atoms with Crippen molar-refractivity contribution in [3.05, 3.63) is 11.6 Å². The summed E-state index contributed by atoms with van der Waals surface area (Å²) in [6.07, 6.45) is 7.49. The van der Waals surface area contributed by atoms with Crippen LogP contribution in [0.2, 0.25) is 0 Å². The molecule has 0 aromatic carbocycles. The molecule has 5 aliphatic rings. The van der Waals surface area contributed by atoms with Crippen molar-refractivity contribution in [2.24, 2.45) is 50.2 Å². The van der Waals surface area contributed by atoms with E-state index in [1.165, 1.54) is 0 Å². The molecule has 0 amide bonds. The molecule has 0 radical (unpaired) electrons. The molecule has 1 heterocycles. The van der Waals surface area contributed by atoms with Gasteiger partial charge in [-0.25, -0.2) is 0 Å². The molecular formula is C33H49NO4. The number of aliphatic hydroxyl groups is 1. The molecule has 4 fully saturated rings. The molecule has 210 valence electrons. The van der Waals surface area contributed by atoms with E-state index < -0.39 is 21.8 Å². The van der Waals surface area contributed by atoms with Gasteiger partial charge < -0.3 is 9.84 Å². The van der Waals surface area contributed by atoms with Crippen LogP contribution in [0.5, 0.6) is 0 Å². The van der Waals surface area contributed by atoms with Crippen molar-refractivity contribution in [1.82, 2.24) is 0 Å². The van der Waals surface area contributed by atoms with Crippen LogP contribution in [0.15, 0.2) is 11.6 Å². The van der Waals surface area contributed by atoms with Gasteiger partial charge in [0.2, 0.25) is 0 Å². The van der Waals surface area contributed by atoms with Gasteiger partial charge in [-0.15, -0.1) is 0 Å². The second kappa shape index (κ2) is 8.03. The van der Waals surface area contributed by atoms with E-state index in [1.54, 1.807) is 0 Å². The largest absolute Gasteiger partial charge is 0.394 e. The number of nitriles is 1. The first-order valence-corrected chi connectivity index (χ1v) is 14.9. The lowest BCUT2D eigenvalue weighted by Gasteiger charge is -2.72. The van der Waals surface area contributed by atoms with E-state index >= 15 is 0 Å². The van der Waals surface area contributed by atoms with Gasteiger partial charge in [0.25, 0.3) is 0 Å². The number of aliphatic hydroxyl groups excluding tert-OH is 1. The predicted octanol–water partition coefficient (Wildman–Crippen LogP) is 6.44. The Morgan fingerprint density at radius 2 is 1.74 bits per heavy atom. The van der Waals surface area contributed by atoms with Gasteiger partial charge in [-0.2, -0.15) is 5.26 Å². The van der Waals surface area contributed by atoms with Crippen molar-refractivity contribution in [1.29, 1.82) is 5.26 Å². The number of ketones is 2. The molecule has 1 N–H and O–H groups in total. The summed E-state index contributed by atoms with van der Waals surface area (Å²) in [5.74, 6) is 0.293. The lowest BCUT2D eigenvalue weighted by Crippen LogP contribution is -2.74. The Labute approximate surface area is 229 Å². The first-order valence-electron chi connectivity index (χ1n) is 14.9. The predicted molar refractivity (Wildman–Crippen MR) is 147 cm³/mol. The second-order valence-corrected chi connectivity index (χ2v) is 16.0. The number of rotatable bonds is 3. The summed E-state index contributed by atoms with van der Waals surface area (Å²) in [4.78, 5) is 28.1. The molecule has 38 heavy (non-hydrogen) atoms. The third-order valence-corrected chi connectivity index (χ3v) is 13.3. The van der Waals surface area contributed by atoms with Gasteiger partial charge in [0, 0.05) is 28.6 Å². The zero-order chi connectivity index (χ0) is 28.3. The van der Waals surface area contributed by atoms with Crippen LogP contribution in [0.4, 0.5) is 0 Å². The van der Waals surface area contributed by atoms with Crippen LogP contribution in [0.3, 0.4) is 0 Å². The third kappa shape index (κ3) is 3.00. The average molecular weight is 524 g/mol. The van der Waals surface area contributed by atoms with E-state index in [0.29, 0.717) is 6.42 Å².